The van der Waals surface area contributed by atoms with Crippen LogP contribution in [0.15, 0.2) is 41.1 Å². The van der Waals surface area contributed by atoms with Gasteiger partial charge in [-0.2, -0.15) is 11.3 Å². The molecule has 1 atom stereocenters. The molecule has 118 valence electrons. The highest BCUT2D eigenvalue weighted by Gasteiger charge is 2.09. The fourth-order valence-electron chi connectivity index (χ4n) is 2.10. The van der Waals surface area contributed by atoms with Crippen LogP contribution in [0.5, 0.6) is 0 Å². The van der Waals surface area contributed by atoms with Crippen molar-refractivity contribution in [1.29, 1.82) is 0 Å². The molecule has 0 fully saturated rings. The molecule has 0 saturated carbocycles. The number of aryl methyl sites for hydroxylation is 1. The van der Waals surface area contributed by atoms with Crippen LogP contribution >= 0.6 is 11.3 Å². The van der Waals surface area contributed by atoms with E-state index in [1.165, 1.54) is 22.5 Å². The quantitative estimate of drug-likeness (QED) is 0.735. The van der Waals surface area contributed by atoms with Gasteiger partial charge in [0.05, 0.1) is 6.10 Å². The molecule has 1 aromatic carbocycles. The van der Waals surface area contributed by atoms with E-state index in [9.17, 15) is 9.90 Å². The van der Waals surface area contributed by atoms with Crippen molar-refractivity contribution in [2.45, 2.75) is 25.9 Å². The Labute approximate surface area is 135 Å². The molecule has 0 radical (unpaired) electrons. The van der Waals surface area contributed by atoms with E-state index in [2.05, 4.69) is 41.8 Å². The van der Waals surface area contributed by atoms with E-state index in [1.807, 2.05) is 16.8 Å². The van der Waals surface area contributed by atoms with Crippen LogP contribution in [0.3, 0.4) is 0 Å². The first-order valence-electron chi connectivity index (χ1n) is 7.48. The Morgan fingerprint density at radius 3 is 2.55 bits per heavy atom. The largest absolute Gasteiger partial charge is 0.387 e. The van der Waals surface area contributed by atoms with Gasteiger partial charge >= 0.3 is 6.03 Å². The van der Waals surface area contributed by atoms with Gasteiger partial charge in [-0.15, -0.1) is 0 Å². The molecule has 0 saturated heterocycles. The Balaban J connectivity index is 1.65. The number of amides is 2. The highest BCUT2D eigenvalue weighted by Crippen LogP contribution is 2.14. The zero-order valence-electron chi connectivity index (χ0n) is 12.7. The molecular formula is C17H22N2O2S. The van der Waals surface area contributed by atoms with Crippen LogP contribution in [-0.4, -0.2) is 24.2 Å². The van der Waals surface area contributed by atoms with E-state index < -0.39 is 6.10 Å². The molecule has 2 amide bonds. The summed E-state index contributed by atoms with van der Waals surface area (Å²) in [6, 6.07) is 10.0. The molecule has 0 bridgehead atoms. The molecule has 2 rings (SSSR count). The van der Waals surface area contributed by atoms with Crippen molar-refractivity contribution in [3.63, 3.8) is 0 Å². The Morgan fingerprint density at radius 1 is 1.18 bits per heavy atom. The van der Waals surface area contributed by atoms with Crippen LogP contribution in [0.2, 0.25) is 0 Å². The van der Waals surface area contributed by atoms with Gasteiger partial charge in [0, 0.05) is 13.1 Å². The summed E-state index contributed by atoms with van der Waals surface area (Å²) in [5.74, 6) is 0. The SMILES string of the molecule is CCc1ccc(CCNC(=O)NCC(O)c2ccsc2)cc1. The van der Waals surface area contributed by atoms with E-state index in [1.54, 1.807) is 0 Å². The number of thiophene rings is 1. The summed E-state index contributed by atoms with van der Waals surface area (Å²) in [5, 5.41) is 19.1. The van der Waals surface area contributed by atoms with E-state index in [0.29, 0.717) is 6.54 Å². The van der Waals surface area contributed by atoms with Crippen molar-refractivity contribution in [1.82, 2.24) is 10.6 Å². The molecule has 0 spiro atoms. The van der Waals surface area contributed by atoms with E-state index >= 15 is 0 Å². The summed E-state index contributed by atoms with van der Waals surface area (Å²) >= 11 is 1.53. The maximum Gasteiger partial charge on any atom is 0.314 e. The van der Waals surface area contributed by atoms with Crippen LogP contribution in [-0.2, 0) is 12.8 Å². The Hall–Kier alpha value is -1.85. The normalized spacial score (nSPS) is 11.9. The van der Waals surface area contributed by atoms with Gasteiger partial charge in [-0.05, 0) is 46.4 Å². The highest BCUT2D eigenvalue weighted by atomic mass is 32.1. The topological polar surface area (TPSA) is 61.4 Å². The van der Waals surface area contributed by atoms with Gasteiger partial charge in [0.25, 0.3) is 0 Å². The molecule has 4 nitrogen and oxygen atoms in total. The zero-order valence-corrected chi connectivity index (χ0v) is 13.5. The molecule has 0 aliphatic rings. The van der Waals surface area contributed by atoms with Gasteiger partial charge < -0.3 is 15.7 Å². The van der Waals surface area contributed by atoms with Gasteiger partial charge in [0.15, 0.2) is 0 Å². The average molecular weight is 318 g/mol. The van der Waals surface area contributed by atoms with Gasteiger partial charge in [-0.3, -0.25) is 0 Å². The minimum absolute atomic E-state index is 0.216. The zero-order chi connectivity index (χ0) is 15.8. The minimum atomic E-state index is -0.654. The summed E-state index contributed by atoms with van der Waals surface area (Å²) in [7, 11) is 0. The van der Waals surface area contributed by atoms with Crippen LogP contribution in [0.1, 0.15) is 29.7 Å². The summed E-state index contributed by atoms with van der Waals surface area (Å²) < 4.78 is 0. The number of nitrogens with one attached hydrogen (secondary N) is 2. The molecule has 3 N–H and O–H groups in total. The molecule has 22 heavy (non-hydrogen) atoms. The summed E-state index contributed by atoms with van der Waals surface area (Å²) in [4.78, 5) is 11.7. The van der Waals surface area contributed by atoms with E-state index in [0.717, 1.165) is 18.4 Å². The number of carbonyl (C=O) groups is 1. The smallest absolute Gasteiger partial charge is 0.314 e. The van der Waals surface area contributed by atoms with Crippen molar-refractivity contribution in [2.75, 3.05) is 13.1 Å². The van der Waals surface area contributed by atoms with Crippen molar-refractivity contribution >= 4 is 17.4 Å². The second-order valence-corrected chi connectivity index (χ2v) is 5.91. The third-order valence-corrected chi connectivity index (χ3v) is 4.22. The number of aliphatic hydroxyl groups is 1. The van der Waals surface area contributed by atoms with Crippen LogP contribution in [0, 0.1) is 0 Å². The summed E-state index contributed by atoms with van der Waals surface area (Å²) in [6.45, 7) is 2.92. The molecule has 1 aromatic heterocycles. The molecule has 2 aromatic rings. The molecule has 0 aliphatic carbocycles. The second-order valence-electron chi connectivity index (χ2n) is 5.13. The predicted octanol–water partition coefficient (Wildman–Crippen LogP) is 2.89. The van der Waals surface area contributed by atoms with Gasteiger partial charge in [0.2, 0.25) is 0 Å². The fraction of sp³-hybridized carbons (Fsp3) is 0.353. The first-order valence-corrected chi connectivity index (χ1v) is 8.43. The number of carbonyl (C=O) groups excluding carboxylic acids is 1. The number of hydrogen-bond acceptors (Lipinski definition) is 3. The number of hydrogen-bond donors (Lipinski definition) is 3. The first kappa shape index (κ1) is 16.5. The Kier molecular flexibility index (Phi) is 6.43. The third-order valence-electron chi connectivity index (χ3n) is 3.51. The van der Waals surface area contributed by atoms with Gasteiger partial charge in [0.1, 0.15) is 0 Å². The lowest BCUT2D eigenvalue weighted by molar-refractivity contribution is 0.173. The standard InChI is InChI=1S/C17H22N2O2S/c1-2-13-3-5-14(6-4-13)7-9-18-17(21)19-11-16(20)15-8-10-22-12-15/h3-6,8,10,12,16,20H,2,7,9,11H2,1H3,(H2,18,19,21). The van der Waals surface area contributed by atoms with Crippen LogP contribution in [0.25, 0.3) is 0 Å². The average Bonchev–Trinajstić information content (AvgIpc) is 3.08. The van der Waals surface area contributed by atoms with Crippen LogP contribution < -0.4 is 10.6 Å². The number of urea groups is 1. The Bertz CT molecular complexity index is 567. The molecular weight excluding hydrogens is 296 g/mol. The second kappa shape index (κ2) is 8.56. The molecule has 1 unspecified atom stereocenters. The molecule has 1 heterocycles. The fourth-order valence-corrected chi connectivity index (χ4v) is 2.80. The van der Waals surface area contributed by atoms with Gasteiger partial charge in [-0.1, -0.05) is 31.2 Å². The van der Waals surface area contributed by atoms with E-state index in [4.69, 9.17) is 0 Å². The van der Waals surface area contributed by atoms with Crippen molar-refractivity contribution < 1.29 is 9.90 Å². The molecule has 5 heteroatoms. The highest BCUT2D eigenvalue weighted by molar-refractivity contribution is 7.07. The van der Waals surface area contributed by atoms with E-state index in [-0.39, 0.29) is 12.6 Å². The van der Waals surface area contributed by atoms with Crippen molar-refractivity contribution in [3.8, 4) is 0 Å². The third kappa shape index (κ3) is 5.16. The monoisotopic (exact) mass is 318 g/mol. The summed E-state index contributed by atoms with van der Waals surface area (Å²) in [5.41, 5.74) is 3.36. The van der Waals surface area contributed by atoms with Crippen molar-refractivity contribution in [2.24, 2.45) is 0 Å². The Morgan fingerprint density at radius 2 is 1.91 bits per heavy atom. The lowest BCUT2D eigenvalue weighted by Gasteiger charge is -2.11. The summed E-state index contributed by atoms with van der Waals surface area (Å²) in [6.07, 6.45) is 1.18. The van der Waals surface area contributed by atoms with Gasteiger partial charge in [-0.25, -0.2) is 4.79 Å². The predicted molar refractivity (Wildman–Crippen MR) is 90.2 cm³/mol. The number of rotatable bonds is 7. The number of benzene rings is 1. The lowest BCUT2D eigenvalue weighted by Crippen LogP contribution is -2.38. The lowest BCUT2D eigenvalue weighted by atomic mass is 10.1. The maximum absolute atomic E-state index is 11.7. The molecule has 0 aliphatic heterocycles. The van der Waals surface area contributed by atoms with Crippen LogP contribution in [0.4, 0.5) is 4.79 Å². The van der Waals surface area contributed by atoms with Crippen molar-refractivity contribution in [3.05, 3.63) is 57.8 Å². The minimum Gasteiger partial charge on any atom is -0.387 e. The number of aliphatic hydroxyl groups excluding tert-OH is 1. The maximum atomic E-state index is 11.7. The first-order chi connectivity index (χ1) is 10.7.